The number of rotatable bonds is 5. The Morgan fingerprint density at radius 1 is 1.12 bits per heavy atom. The van der Waals surface area contributed by atoms with Crippen LogP contribution in [0.25, 0.3) is 0 Å². The highest BCUT2D eigenvalue weighted by Crippen LogP contribution is 2.19. The normalized spacial score (nSPS) is 20.3. The third kappa shape index (κ3) is 5.60. The van der Waals surface area contributed by atoms with Crippen LogP contribution < -0.4 is 5.32 Å². The van der Waals surface area contributed by atoms with E-state index in [4.69, 9.17) is 11.6 Å². The van der Waals surface area contributed by atoms with Gasteiger partial charge < -0.3 is 20.0 Å². The first-order valence-electron chi connectivity index (χ1n) is 9.79. The molecule has 0 bridgehead atoms. The summed E-state index contributed by atoms with van der Waals surface area (Å²) in [6, 6.07) is 7.88. The summed E-state index contributed by atoms with van der Waals surface area (Å²) in [6.45, 7) is 8.27. The van der Waals surface area contributed by atoms with E-state index in [1.54, 1.807) is 0 Å². The molecule has 1 N–H and O–H groups in total. The summed E-state index contributed by atoms with van der Waals surface area (Å²) in [5, 5.41) is 3.81. The van der Waals surface area contributed by atoms with Gasteiger partial charge in [0, 0.05) is 57.4 Å². The van der Waals surface area contributed by atoms with Gasteiger partial charge in [-0.15, -0.1) is 0 Å². The van der Waals surface area contributed by atoms with E-state index in [9.17, 15) is 4.79 Å². The number of likely N-dealkylation sites (N-methyl/N-ethyl adjacent to an activating group) is 1. The van der Waals surface area contributed by atoms with Crippen LogP contribution in [0, 0.1) is 5.92 Å². The van der Waals surface area contributed by atoms with E-state index in [0.717, 1.165) is 48.9 Å². The second-order valence-corrected chi connectivity index (χ2v) is 8.01. The number of likely N-dealkylation sites (tertiary alicyclic amines) is 1. The molecule has 0 atom stereocenters. The average molecular weight is 379 g/mol. The predicted octanol–water partition coefficient (Wildman–Crippen LogP) is 2.55. The number of urea groups is 1. The van der Waals surface area contributed by atoms with E-state index in [1.165, 1.54) is 32.7 Å². The van der Waals surface area contributed by atoms with Gasteiger partial charge in [0.15, 0.2) is 0 Å². The molecule has 2 amide bonds. The molecule has 0 saturated carbocycles. The Labute approximate surface area is 162 Å². The number of nitrogens with one attached hydrogen (secondary N) is 1. The summed E-state index contributed by atoms with van der Waals surface area (Å²) >= 11 is 6.16. The Balaban J connectivity index is 1.34. The minimum Gasteiger partial charge on any atom is -0.338 e. The summed E-state index contributed by atoms with van der Waals surface area (Å²) in [6.07, 6.45) is 3.00. The van der Waals surface area contributed by atoms with Crippen molar-refractivity contribution in [3.8, 4) is 0 Å². The van der Waals surface area contributed by atoms with Crippen molar-refractivity contribution < 1.29 is 4.79 Å². The first-order valence-corrected chi connectivity index (χ1v) is 10.2. The molecule has 1 aromatic rings. The van der Waals surface area contributed by atoms with Crippen LogP contribution in [0.2, 0.25) is 5.02 Å². The standard InChI is InChI=1S/C20H31ClN4O/c1-23-12-14-24(15-13-23)16-17-7-10-25(11-8-17)20(26)22-9-6-18-4-2-3-5-19(18)21/h2-5,17H,6-16H2,1H3,(H,22,26). The molecule has 3 rings (SSSR count). The van der Waals surface area contributed by atoms with Gasteiger partial charge in [-0.25, -0.2) is 4.79 Å². The van der Waals surface area contributed by atoms with Crippen LogP contribution in [0.4, 0.5) is 4.79 Å². The molecule has 5 nitrogen and oxygen atoms in total. The molecule has 2 heterocycles. The predicted molar refractivity (Wildman–Crippen MR) is 107 cm³/mol. The molecule has 26 heavy (non-hydrogen) atoms. The first-order chi connectivity index (χ1) is 12.6. The molecule has 2 saturated heterocycles. The fourth-order valence-corrected chi connectivity index (χ4v) is 4.06. The maximum Gasteiger partial charge on any atom is 0.317 e. The number of amides is 2. The fourth-order valence-electron chi connectivity index (χ4n) is 3.83. The summed E-state index contributed by atoms with van der Waals surface area (Å²) in [5.74, 6) is 0.727. The second kappa shape index (κ2) is 9.58. The topological polar surface area (TPSA) is 38.8 Å². The van der Waals surface area contributed by atoms with E-state index in [1.807, 2.05) is 29.2 Å². The molecule has 0 aromatic heterocycles. The van der Waals surface area contributed by atoms with E-state index in [-0.39, 0.29) is 6.03 Å². The lowest BCUT2D eigenvalue weighted by atomic mass is 9.96. The van der Waals surface area contributed by atoms with Gasteiger partial charge in [-0.2, -0.15) is 0 Å². The van der Waals surface area contributed by atoms with Crippen LogP contribution in [-0.2, 0) is 6.42 Å². The summed E-state index contributed by atoms with van der Waals surface area (Å²) in [7, 11) is 2.19. The number of hydrogen-bond acceptors (Lipinski definition) is 3. The number of halogens is 1. The van der Waals surface area contributed by atoms with Gasteiger partial charge in [-0.3, -0.25) is 0 Å². The number of benzene rings is 1. The second-order valence-electron chi connectivity index (χ2n) is 7.61. The highest BCUT2D eigenvalue weighted by atomic mass is 35.5. The third-order valence-corrected chi connectivity index (χ3v) is 6.01. The first kappa shape index (κ1) is 19.5. The zero-order valence-electron chi connectivity index (χ0n) is 15.8. The highest BCUT2D eigenvalue weighted by Gasteiger charge is 2.25. The van der Waals surface area contributed by atoms with Crippen molar-refractivity contribution in [3.63, 3.8) is 0 Å². The molecule has 2 aliphatic rings. The lowest BCUT2D eigenvalue weighted by Gasteiger charge is -2.37. The number of piperidine rings is 1. The Morgan fingerprint density at radius 3 is 2.50 bits per heavy atom. The molecule has 1 aromatic carbocycles. The van der Waals surface area contributed by atoms with Gasteiger partial charge in [-0.05, 0) is 43.9 Å². The van der Waals surface area contributed by atoms with Crippen LogP contribution in [0.5, 0.6) is 0 Å². The molecule has 0 unspecified atom stereocenters. The van der Waals surface area contributed by atoms with Gasteiger partial charge in [0.2, 0.25) is 0 Å². The van der Waals surface area contributed by atoms with Crippen LogP contribution >= 0.6 is 11.6 Å². The lowest BCUT2D eigenvalue weighted by Crippen LogP contribution is -2.49. The van der Waals surface area contributed by atoms with E-state index < -0.39 is 0 Å². The summed E-state index contributed by atoms with van der Waals surface area (Å²) in [4.78, 5) is 19.3. The molecule has 0 radical (unpaired) electrons. The van der Waals surface area contributed by atoms with Crippen LogP contribution in [0.15, 0.2) is 24.3 Å². The van der Waals surface area contributed by atoms with Gasteiger partial charge in [0.05, 0.1) is 0 Å². The SMILES string of the molecule is CN1CCN(CC2CCN(C(=O)NCCc3ccccc3Cl)CC2)CC1. The third-order valence-electron chi connectivity index (χ3n) is 5.64. The number of carbonyl (C=O) groups excluding carboxylic acids is 1. The molecule has 144 valence electrons. The molecular formula is C20H31ClN4O. The largest absolute Gasteiger partial charge is 0.338 e. The minimum absolute atomic E-state index is 0.0649. The Bertz CT molecular complexity index is 581. The minimum atomic E-state index is 0.0649. The average Bonchev–Trinajstić information content (AvgIpc) is 2.66. The zero-order valence-corrected chi connectivity index (χ0v) is 16.5. The monoisotopic (exact) mass is 378 g/mol. The van der Waals surface area contributed by atoms with Crippen molar-refractivity contribution in [3.05, 3.63) is 34.9 Å². The zero-order chi connectivity index (χ0) is 18.4. The highest BCUT2D eigenvalue weighted by molar-refractivity contribution is 6.31. The van der Waals surface area contributed by atoms with Crippen molar-refractivity contribution in [1.29, 1.82) is 0 Å². The van der Waals surface area contributed by atoms with Crippen LogP contribution in [0.1, 0.15) is 18.4 Å². The molecule has 2 fully saturated rings. The Kier molecular flexibility index (Phi) is 7.17. The van der Waals surface area contributed by atoms with Crippen molar-refractivity contribution >= 4 is 17.6 Å². The smallest absolute Gasteiger partial charge is 0.317 e. The molecule has 0 spiro atoms. The van der Waals surface area contributed by atoms with Crippen molar-refractivity contribution in [2.45, 2.75) is 19.3 Å². The van der Waals surface area contributed by atoms with Gasteiger partial charge in [0.25, 0.3) is 0 Å². The summed E-state index contributed by atoms with van der Waals surface area (Å²) < 4.78 is 0. The summed E-state index contributed by atoms with van der Waals surface area (Å²) in [5.41, 5.74) is 1.08. The number of piperazine rings is 1. The van der Waals surface area contributed by atoms with Crippen LogP contribution in [0.3, 0.4) is 0 Å². The van der Waals surface area contributed by atoms with E-state index in [0.29, 0.717) is 6.54 Å². The Morgan fingerprint density at radius 2 is 1.81 bits per heavy atom. The molecule has 6 heteroatoms. The number of nitrogens with zero attached hydrogens (tertiary/aromatic N) is 3. The van der Waals surface area contributed by atoms with Gasteiger partial charge >= 0.3 is 6.03 Å². The number of hydrogen-bond donors (Lipinski definition) is 1. The maximum absolute atomic E-state index is 12.4. The van der Waals surface area contributed by atoms with Gasteiger partial charge in [-0.1, -0.05) is 29.8 Å². The van der Waals surface area contributed by atoms with E-state index >= 15 is 0 Å². The quantitative estimate of drug-likeness (QED) is 0.855. The molecule has 0 aliphatic carbocycles. The lowest BCUT2D eigenvalue weighted by molar-refractivity contribution is 0.111. The van der Waals surface area contributed by atoms with Crippen molar-refractivity contribution in [2.75, 3.05) is 59.4 Å². The van der Waals surface area contributed by atoms with Crippen molar-refractivity contribution in [1.82, 2.24) is 20.0 Å². The number of carbonyl (C=O) groups is 1. The maximum atomic E-state index is 12.4. The van der Waals surface area contributed by atoms with E-state index in [2.05, 4.69) is 22.2 Å². The molecular weight excluding hydrogens is 348 g/mol. The van der Waals surface area contributed by atoms with Gasteiger partial charge in [0.1, 0.15) is 0 Å². The van der Waals surface area contributed by atoms with Crippen LogP contribution in [-0.4, -0.2) is 80.1 Å². The molecule has 2 aliphatic heterocycles. The Hall–Kier alpha value is -1.30. The fraction of sp³-hybridized carbons (Fsp3) is 0.650. The van der Waals surface area contributed by atoms with Crippen molar-refractivity contribution in [2.24, 2.45) is 5.92 Å².